The third-order valence-corrected chi connectivity index (χ3v) is 24.4. The van der Waals surface area contributed by atoms with E-state index in [-0.39, 0.29) is 115 Å². The summed E-state index contributed by atoms with van der Waals surface area (Å²) in [5.41, 5.74) is -2.22. The Kier molecular flexibility index (Phi) is 30.9. The van der Waals surface area contributed by atoms with E-state index in [0.717, 1.165) is 9.80 Å². The molecule has 108 heavy (non-hydrogen) atoms. The first-order chi connectivity index (χ1) is 50.6. The maximum Gasteiger partial charge on any atom is 0.394 e. The molecule has 0 aromatic carbocycles. The minimum atomic E-state index is -4.54. The second-order valence-corrected chi connectivity index (χ2v) is 33.9. The van der Waals surface area contributed by atoms with E-state index < -0.39 is 204 Å². The van der Waals surface area contributed by atoms with Crippen LogP contribution in [-0.2, 0) is 67.0 Å². The quantitative estimate of drug-likeness (QED) is 0.130. The van der Waals surface area contributed by atoms with Gasteiger partial charge in [-0.1, -0.05) is 86.3 Å². The number of nitrogens with zero attached hydrogens (tertiary/aromatic N) is 9. The van der Waals surface area contributed by atoms with Gasteiger partial charge in [0.1, 0.15) is 60.0 Å². The van der Waals surface area contributed by atoms with Crippen LogP contribution in [0.3, 0.4) is 0 Å². The molecule has 16 atom stereocenters. The number of hydrogen-bond donors (Lipinski definition) is 3. The Hall–Kier alpha value is -6.98. The first kappa shape index (κ1) is 88.2. The van der Waals surface area contributed by atoms with Gasteiger partial charge in [0, 0.05) is 89.6 Å². The molecule has 2 saturated heterocycles. The van der Waals surface area contributed by atoms with E-state index >= 15 is 33.2 Å². The lowest BCUT2D eigenvalue weighted by Gasteiger charge is -2.54. The summed E-state index contributed by atoms with van der Waals surface area (Å²) < 4.78 is 71.0. The van der Waals surface area contributed by atoms with Gasteiger partial charge in [0.05, 0.1) is 37.6 Å². The highest BCUT2D eigenvalue weighted by Gasteiger charge is 2.60. The molecule has 7 rings (SSSR count). The number of carbonyl (C=O) groups excluding carboxylic acids is 12. The van der Waals surface area contributed by atoms with Crippen molar-refractivity contribution >= 4 is 70.9 Å². The number of alkyl halides is 4. The van der Waals surface area contributed by atoms with Crippen molar-refractivity contribution in [3.63, 3.8) is 0 Å². The van der Waals surface area contributed by atoms with Gasteiger partial charge in [-0.25, -0.2) is 4.39 Å². The van der Waals surface area contributed by atoms with E-state index in [2.05, 4.69) is 16.0 Å². The van der Waals surface area contributed by atoms with Gasteiger partial charge in [0.25, 0.3) is 0 Å². The van der Waals surface area contributed by atoms with Gasteiger partial charge in [-0.15, -0.1) is 0 Å². The average molecular weight is 1530 g/mol. The molecule has 2 bridgehead atoms. The highest BCUT2D eigenvalue weighted by Crippen LogP contribution is 2.50. The number of ether oxygens (including phenoxy) is 2. The maximum absolute atomic E-state index is 16.4. The predicted molar refractivity (Wildman–Crippen MR) is 396 cm³/mol. The zero-order valence-corrected chi connectivity index (χ0v) is 67.2. The van der Waals surface area contributed by atoms with Gasteiger partial charge in [-0.3, -0.25) is 57.5 Å². The van der Waals surface area contributed by atoms with Crippen LogP contribution in [-0.4, -0.2) is 290 Å². The largest absolute Gasteiger partial charge is 0.394 e. The second-order valence-electron chi connectivity index (χ2n) is 33.9. The topological polar surface area (TPSA) is 289 Å². The minimum Gasteiger partial charge on any atom is -0.381 e. The van der Waals surface area contributed by atoms with Gasteiger partial charge >= 0.3 is 6.18 Å². The van der Waals surface area contributed by atoms with Crippen molar-refractivity contribution in [2.45, 2.75) is 269 Å². The number of methoxy groups -OCH3 is 1. The number of rotatable bonds is 14. The van der Waals surface area contributed by atoms with Crippen LogP contribution in [0.1, 0.15) is 190 Å². The molecule has 7 aliphatic rings. The van der Waals surface area contributed by atoms with Crippen LogP contribution in [0.5, 0.6) is 0 Å². The Labute approximate surface area is 636 Å². The first-order valence-corrected chi connectivity index (χ1v) is 39.4. The number of likely N-dealkylation sites (N-methyl/N-ethyl adjacent to an activating group) is 7. The molecule has 0 radical (unpaired) electrons. The minimum absolute atomic E-state index is 0.0173. The molecule has 6 fully saturated rings. The van der Waals surface area contributed by atoms with Crippen molar-refractivity contribution in [1.82, 2.24) is 60.0 Å². The first-order valence-electron chi connectivity index (χ1n) is 39.4. The summed E-state index contributed by atoms with van der Waals surface area (Å²) in [6, 6.07) is -10.7. The van der Waals surface area contributed by atoms with Crippen LogP contribution in [0.15, 0.2) is 12.2 Å². The molecular weight excluding hydrogens is 1400 g/mol. The second kappa shape index (κ2) is 37.8. The summed E-state index contributed by atoms with van der Waals surface area (Å²) in [5.74, 6) is -12.5. The van der Waals surface area contributed by atoms with Crippen molar-refractivity contribution in [3.05, 3.63) is 12.2 Å². The van der Waals surface area contributed by atoms with E-state index in [1.54, 1.807) is 26.0 Å². The smallest absolute Gasteiger partial charge is 0.381 e. The van der Waals surface area contributed by atoms with Crippen LogP contribution < -0.4 is 16.0 Å². The summed E-state index contributed by atoms with van der Waals surface area (Å²) in [4.78, 5) is 194. The Balaban J connectivity index is 1.34. The number of fused-ring (bicyclic) bond motifs is 3. The average Bonchev–Trinajstić information content (AvgIpc) is 0.934. The Morgan fingerprint density at radius 2 is 1.36 bits per heavy atom. The van der Waals surface area contributed by atoms with E-state index in [4.69, 9.17) is 9.47 Å². The zero-order chi connectivity index (χ0) is 80.4. The molecule has 0 aromatic heterocycles. The summed E-state index contributed by atoms with van der Waals surface area (Å²) in [6.45, 7) is 13.4. The molecule has 3 heterocycles. The Morgan fingerprint density at radius 3 is 1.95 bits per heavy atom. The van der Waals surface area contributed by atoms with E-state index in [1.807, 2.05) is 41.5 Å². The maximum atomic E-state index is 16.4. The molecule has 4 aliphatic carbocycles. The van der Waals surface area contributed by atoms with E-state index in [9.17, 15) is 41.9 Å². The lowest BCUT2D eigenvalue weighted by Crippen LogP contribution is -2.71. The van der Waals surface area contributed by atoms with Crippen LogP contribution in [0.25, 0.3) is 0 Å². The number of amides is 12. The molecule has 3 N–H and O–H groups in total. The summed E-state index contributed by atoms with van der Waals surface area (Å²) >= 11 is 0. The number of carbonyl (C=O) groups is 12. The molecule has 1 spiro atoms. The molecule has 12 amide bonds. The molecule has 0 aromatic rings. The Morgan fingerprint density at radius 1 is 0.704 bits per heavy atom. The lowest BCUT2D eigenvalue weighted by atomic mass is 9.58. The van der Waals surface area contributed by atoms with Crippen LogP contribution in [0, 0.1) is 46.8 Å². The van der Waals surface area contributed by atoms with E-state index in [1.165, 1.54) is 97.8 Å². The predicted octanol–water partition coefficient (Wildman–Crippen LogP) is 6.12. The number of hydrogen-bond acceptors (Lipinski definition) is 14. The molecule has 30 heteroatoms. The SMILES string of the molecule is CCO[C@@H]1C[C@H]2C(=O)NC3(CC(C)(C)C3)C(=O)N(C)[C@@H](C3CCCC3)C(=O)N(C)[C@H](C(=O)N(C)C)CC(=O)N(C)[C@@H](CC(C)C)C(=O)N[C@@H]([C@@H](C)CC)C(=O)N(C)CC(=O)N(C)[C@H]3C/C=C\CCN(C3=O)[C@@H](CC3CCC(C)CC3F)C(=O)N(C)CC(=O)N[C@@H](CCC3CCC(C(F)(F)F)C(OC)C3)C(=O)N2C1. The molecule has 4 saturated carbocycles. The molecule has 610 valence electrons. The molecule has 6 unspecified atom stereocenters. The molecular formula is C78H126F4N12O14. The fraction of sp³-hybridized carbons (Fsp3) is 0.821. The van der Waals surface area contributed by atoms with Gasteiger partial charge in [0.2, 0.25) is 70.9 Å². The summed E-state index contributed by atoms with van der Waals surface area (Å²) in [6.07, 6.45) is -0.826. The van der Waals surface area contributed by atoms with Gasteiger partial charge in [0.15, 0.2) is 0 Å². The standard InChI is InChI=1S/C78H126F4N12O14/c1-18-48(6)65-73(104)88(12)43-64(97)89(13)56-27-21-20-24-34-93(72(56)103)60(38-51-31-28-47(5)36-54(51)79)71(102)87(11)42-62(95)83-55(33-30-49-29-32-53(78(80,81)82)61(37-49)107-17)69(100)94-41-52(108-19-2)39-58(94)68(99)85-77(44-76(7,8)45-77)75(106)92(16)66(50-25-22-23-26-50)74(105)91(15)59(70(101)86(9)10)40-63(96)90(14)57(35-46(3)4)67(98)84-65/h20-21,46-61,65-66H,18-19,22-45H2,1-17H3,(H,83,95)(H,84,98)(H,85,99)/b21-20-/t47?,48-,49?,51?,52+,53?,54?,55-,56-,57-,58-,59-,60-,61?,65-,66-/m0/s1. The third kappa shape index (κ3) is 21.4. The van der Waals surface area contributed by atoms with Gasteiger partial charge in [-0.05, 0) is 144 Å². The lowest BCUT2D eigenvalue weighted by molar-refractivity contribution is -0.215. The highest BCUT2D eigenvalue weighted by atomic mass is 19.4. The van der Waals surface area contributed by atoms with Crippen LogP contribution in [0.4, 0.5) is 17.6 Å². The number of nitrogens with one attached hydrogen (secondary N) is 3. The summed E-state index contributed by atoms with van der Waals surface area (Å²) in [5, 5.41) is 8.81. The third-order valence-electron chi connectivity index (χ3n) is 24.4. The molecule has 26 nitrogen and oxygen atoms in total. The van der Waals surface area contributed by atoms with Gasteiger partial charge < -0.3 is 69.5 Å². The van der Waals surface area contributed by atoms with Crippen molar-refractivity contribution in [1.29, 1.82) is 0 Å². The van der Waals surface area contributed by atoms with Crippen LogP contribution >= 0.6 is 0 Å². The highest BCUT2D eigenvalue weighted by molar-refractivity contribution is 6.01. The van der Waals surface area contributed by atoms with Crippen molar-refractivity contribution in [2.75, 3.05) is 96.3 Å². The number of halogens is 4. The Bertz CT molecular complexity index is 3230. The van der Waals surface area contributed by atoms with E-state index in [0.29, 0.717) is 44.9 Å². The fourth-order valence-electron chi connectivity index (χ4n) is 18.1. The van der Waals surface area contributed by atoms with Crippen LogP contribution in [0.2, 0.25) is 0 Å². The monoisotopic (exact) mass is 1530 g/mol. The normalized spacial score (nSPS) is 32.3. The van der Waals surface area contributed by atoms with Crippen molar-refractivity contribution in [2.24, 2.45) is 46.8 Å². The summed E-state index contributed by atoms with van der Waals surface area (Å²) in [7, 11) is 12.6. The fourth-order valence-corrected chi connectivity index (χ4v) is 18.1. The van der Waals surface area contributed by atoms with Crippen molar-refractivity contribution < 1.29 is 84.6 Å². The zero-order valence-electron chi connectivity index (χ0n) is 67.2. The van der Waals surface area contributed by atoms with Gasteiger partial charge in [-0.2, -0.15) is 13.2 Å². The van der Waals surface area contributed by atoms with Crippen molar-refractivity contribution in [3.8, 4) is 0 Å². The molecule has 3 aliphatic heterocycles.